The lowest BCUT2D eigenvalue weighted by molar-refractivity contribution is -0.461. The zero-order chi connectivity index (χ0) is 10.4. The van der Waals surface area contributed by atoms with E-state index in [1.54, 1.807) is 17.1 Å². The molecule has 4 heteroatoms. The maximum absolute atomic E-state index is 11.5. The zero-order valence-corrected chi connectivity index (χ0v) is 8.55. The largest absolute Gasteiger partial charge is 0.691 e. The van der Waals surface area contributed by atoms with Crippen LogP contribution in [0.1, 0.15) is 13.8 Å². The van der Waals surface area contributed by atoms with Gasteiger partial charge in [-0.3, -0.25) is 0 Å². The third-order valence-corrected chi connectivity index (χ3v) is 1.91. The predicted molar refractivity (Wildman–Crippen MR) is 55.1 cm³/mol. The molecule has 0 saturated heterocycles. The third-order valence-electron chi connectivity index (χ3n) is 1.91. The molecule has 14 heavy (non-hydrogen) atoms. The second-order valence-corrected chi connectivity index (χ2v) is 2.84. The van der Waals surface area contributed by atoms with Crippen LogP contribution in [-0.4, -0.2) is 23.0 Å². The Hall–Kier alpha value is -1.58. The molecule has 0 aliphatic heterocycles. The second-order valence-electron chi connectivity index (χ2n) is 2.84. The Balaban J connectivity index is 2.78. The zero-order valence-electron chi connectivity index (χ0n) is 8.55. The van der Waals surface area contributed by atoms with E-state index in [9.17, 15) is 5.21 Å². The van der Waals surface area contributed by atoms with E-state index >= 15 is 0 Å². The molecule has 0 atom stereocenters. The van der Waals surface area contributed by atoms with E-state index in [2.05, 4.69) is 5.22 Å². The minimum atomic E-state index is 0.555. The molecule has 0 bridgehead atoms. The van der Waals surface area contributed by atoms with Crippen molar-refractivity contribution in [2.24, 2.45) is 5.22 Å². The summed E-state index contributed by atoms with van der Waals surface area (Å²) in [5.41, 5.74) is 0.555. The van der Waals surface area contributed by atoms with Crippen LogP contribution in [0.15, 0.2) is 35.6 Å². The van der Waals surface area contributed by atoms with Crippen LogP contribution in [0.25, 0.3) is 0 Å². The summed E-state index contributed by atoms with van der Waals surface area (Å²) in [6.07, 6.45) is 0. The van der Waals surface area contributed by atoms with Crippen LogP contribution < -0.4 is 0 Å². The average molecular weight is 193 g/mol. The molecular formula is C10H15N3O. The summed E-state index contributed by atoms with van der Waals surface area (Å²) >= 11 is 0. The Morgan fingerprint density at radius 3 is 2.29 bits per heavy atom. The van der Waals surface area contributed by atoms with Gasteiger partial charge in [-0.1, -0.05) is 18.2 Å². The molecular weight excluding hydrogens is 178 g/mol. The molecule has 1 rings (SSSR count). The molecule has 0 N–H and O–H groups in total. The fraction of sp³-hybridized carbons (Fsp3) is 0.400. The van der Waals surface area contributed by atoms with E-state index in [0.717, 1.165) is 13.1 Å². The van der Waals surface area contributed by atoms with Gasteiger partial charge in [0.25, 0.3) is 0 Å². The van der Waals surface area contributed by atoms with E-state index in [0.29, 0.717) is 10.5 Å². The maximum Gasteiger partial charge on any atom is 0.154 e. The minimum Gasteiger partial charge on any atom is -0.691 e. The first kappa shape index (κ1) is 10.5. The molecule has 76 valence electrons. The van der Waals surface area contributed by atoms with Crippen molar-refractivity contribution in [2.75, 3.05) is 13.1 Å². The standard InChI is InChI=1S/C10H15N3O/c1-3-12(4-2)11-13(14)10-8-6-5-7-9-10/h5-9H,3-4H2,1-2H3/b13-11-. The highest BCUT2D eigenvalue weighted by Crippen LogP contribution is 2.10. The highest BCUT2D eigenvalue weighted by molar-refractivity contribution is 5.27. The highest BCUT2D eigenvalue weighted by atomic mass is 16.5. The normalized spacial score (nSPS) is 11.4. The van der Waals surface area contributed by atoms with Crippen molar-refractivity contribution in [1.82, 2.24) is 5.01 Å². The summed E-state index contributed by atoms with van der Waals surface area (Å²) in [4.78, 5) is 0.646. The molecule has 4 nitrogen and oxygen atoms in total. The summed E-state index contributed by atoms with van der Waals surface area (Å²) in [7, 11) is 0. The Bertz CT molecular complexity index is 293. The van der Waals surface area contributed by atoms with Gasteiger partial charge in [0.1, 0.15) is 13.1 Å². The monoisotopic (exact) mass is 193 g/mol. The number of nitrogens with zero attached hydrogens (tertiary/aromatic N) is 3. The van der Waals surface area contributed by atoms with E-state index in [1.165, 1.54) is 0 Å². The maximum atomic E-state index is 11.5. The van der Waals surface area contributed by atoms with Gasteiger partial charge in [-0.25, -0.2) is 0 Å². The quantitative estimate of drug-likeness (QED) is 0.419. The first-order chi connectivity index (χ1) is 6.77. The number of hydrogen-bond acceptors (Lipinski definition) is 2. The fourth-order valence-electron chi connectivity index (χ4n) is 1.07. The van der Waals surface area contributed by atoms with Crippen LogP contribution in [-0.2, 0) is 0 Å². The molecule has 0 heterocycles. The van der Waals surface area contributed by atoms with Gasteiger partial charge in [0.2, 0.25) is 0 Å². The fourth-order valence-corrected chi connectivity index (χ4v) is 1.07. The summed E-state index contributed by atoms with van der Waals surface area (Å²) in [5, 5.41) is 17.1. The lowest BCUT2D eigenvalue weighted by Gasteiger charge is -2.10. The molecule has 0 aliphatic carbocycles. The van der Waals surface area contributed by atoms with Crippen LogP contribution in [0, 0.1) is 5.21 Å². The van der Waals surface area contributed by atoms with Crippen molar-refractivity contribution in [2.45, 2.75) is 13.8 Å². The van der Waals surface area contributed by atoms with Crippen molar-refractivity contribution in [3.8, 4) is 0 Å². The van der Waals surface area contributed by atoms with Gasteiger partial charge in [0, 0.05) is 0 Å². The Morgan fingerprint density at radius 1 is 1.21 bits per heavy atom. The molecule has 0 saturated carbocycles. The highest BCUT2D eigenvalue weighted by Gasteiger charge is 2.02. The van der Waals surface area contributed by atoms with Gasteiger partial charge in [0.05, 0.1) is 5.22 Å². The number of hydrogen-bond donors (Lipinski definition) is 0. The van der Waals surface area contributed by atoms with Gasteiger partial charge in [-0.15, -0.1) is 4.86 Å². The Morgan fingerprint density at radius 2 is 1.79 bits per heavy atom. The van der Waals surface area contributed by atoms with Gasteiger partial charge in [0.15, 0.2) is 5.69 Å². The first-order valence-electron chi connectivity index (χ1n) is 4.76. The van der Waals surface area contributed by atoms with Gasteiger partial charge < -0.3 is 5.21 Å². The van der Waals surface area contributed by atoms with Crippen molar-refractivity contribution >= 4 is 5.69 Å². The third kappa shape index (κ3) is 2.73. The molecule has 1 aromatic rings. The number of benzene rings is 1. The number of para-hydroxylation sites is 1. The molecule has 0 unspecified atom stereocenters. The van der Waals surface area contributed by atoms with Crippen LogP contribution in [0.4, 0.5) is 5.69 Å². The van der Waals surface area contributed by atoms with Crippen LogP contribution in [0.5, 0.6) is 0 Å². The lowest BCUT2D eigenvalue weighted by Crippen LogP contribution is -2.17. The Kier molecular flexibility index (Phi) is 3.91. The van der Waals surface area contributed by atoms with Crippen LogP contribution in [0.2, 0.25) is 0 Å². The number of rotatable bonds is 4. The van der Waals surface area contributed by atoms with Crippen molar-refractivity contribution in [3.05, 3.63) is 35.5 Å². The smallest absolute Gasteiger partial charge is 0.154 e. The van der Waals surface area contributed by atoms with Gasteiger partial charge in [-0.05, 0) is 26.0 Å². The Labute approximate surface area is 84.0 Å². The summed E-state index contributed by atoms with van der Waals surface area (Å²) < 4.78 is 0. The van der Waals surface area contributed by atoms with E-state index in [4.69, 9.17) is 0 Å². The summed E-state index contributed by atoms with van der Waals surface area (Å²) in [6, 6.07) is 8.98. The summed E-state index contributed by atoms with van der Waals surface area (Å²) in [6.45, 7) is 5.40. The van der Waals surface area contributed by atoms with Crippen molar-refractivity contribution in [3.63, 3.8) is 0 Å². The van der Waals surface area contributed by atoms with E-state index < -0.39 is 0 Å². The molecule has 0 aromatic heterocycles. The molecule has 0 aliphatic rings. The average Bonchev–Trinajstić information content (AvgIpc) is 2.26. The van der Waals surface area contributed by atoms with Crippen molar-refractivity contribution in [1.29, 1.82) is 0 Å². The minimum absolute atomic E-state index is 0.555. The lowest BCUT2D eigenvalue weighted by atomic mass is 10.3. The molecule has 0 fully saturated rings. The van der Waals surface area contributed by atoms with E-state index in [1.807, 2.05) is 32.0 Å². The molecule has 1 aromatic carbocycles. The SMILES string of the molecule is CCN(CC)/N=[N+](\[O-])c1ccccc1. The topological polar surface area (TPSA) is 41.7 Å². The predicted octanol–water partition coefficient (Wildman–Crippen LogP) is 2.54. The van der Waals surface area contributed by atoms with Crippen LogP contribution >= 0.6 is 0 Å². The van der Waals surface area contributed by atoms with E-state index in [-0.39, 0.29) is 0 Å². The molecule has 0 amide bonds. The molecule has 0 spiro atoms. The van der Waals surface area contributed by atoms with Crippen molar-refractivity contribution < 1.29 is 4.86 Å². The second kappa shape index (κ2) is 5.21. The van der Waals surface area contributed by atoms with Gasteiger partial charge >= 0.3 is 0 Å². The summed E-state index contributed by atoms with van der Waals surface area (Å²) in [5.74, 6) is 0. The van der Waals surface area contributed by atoms with Gasteiger partial charge in [-0.2, -0.15) is 5.01 Å². The van der Waals surface area contributed by atoms with Crippen LogP contribution in [0.3, 0.4) is 0 Å². The molecule has 0 radical (unpaired) electrons. The first-order valence-corrected chi connectivity index (χ1v) is 4.76.